The molecule has 1 amide bonds. The molecule has 0 fully saturated rings. The van der Waals surface area contributed by atoms with Gasteiger partial charge in [-0.1, -0.05) is 44.2 Å². The fourth-order valence-corrected chi connectivity index (χ4v) is 2.96. The van der Waals surface area contributed by atoms with Gasteiger partial charge in [-0.05, 0) is 36.1 Å². The molecule has 0 spiro atoms. The monoisotopic (exact) mass is 364 g/mol. The van der Waals surface area contributed by atoms with Gasteiger partial charge in [0, 0.05) is 24.2 Å². The van der Waals surface area contributed by atoms with Gasteiger partial charge < -0.3 is 11.1 Å². The zero-order valence-electron chi connectivity index (χ0n) is 15.6. The molecule has 0 atom stereocenters. The maximum atomic E-state index is 12.7. The number of anilines is 1. The highest BCUT2D eigenvalue weighted by atomic mass is 16.2. The summed E-state index contributed by atoms with van der Waals surface area (Å²) in [5.41, 5.74) is 7.60. The zero-order valence-corrected chi connectivity index (χ0v) is 15.6. The molecule has 0 aliphatic heterocycles. The smallest absolute Gasteiger partial charge is 0.274 e. The van der Waals surface area contributed by atoms with Crippen molar-refractivity contribution >= 4 is 22.4 Å². The molecule has 0 radical (unpaired) electrons. The first-order valence-electron chi connectivity index (χ1n) is 9.08. The fourth-order valence-electron chi connectivity index (χ4n) is 2.96. The van der Waals surface area contributed by atoms with E-state index in [0.717, 1.165) is 5.56 Å². The Bertz CT molecular complexity index is 1010. The molecule has 0 saturated heterocycles. The molecule has 0 bridgehead atoms. The first-order valence-corrected chi connectivity index (χ1v) is 9.08. The van der Waals surface area contributed by atoms with Crippen molar-refractivity contribution in [2.45, 2.75) is 26.8 Å². The number of aromatic nitrogens is 2. The maximum Gasteiger partial charge on any atom is 0.274 e. The maximum absolute atomic E-state index is 12.7. The Hall–Kier alpha value is -3.15. The third-order valence-electron chi connectivity index (χ3n) is 4.30. The first kappa shape index (κ1) is 18.6. The number of rotatable bonds is 6. The van der Waals surface area contributed by atoms with E-state index in [9.17, 15) is 9.59 Å². The summed E-state index contributed by atoms with van der Waals surface area (Å²) < 4.78 is 1.39. The molecule has 1 heterocycles. The molecule has 0 aliphatic carbocycles. The van der Waals surface area contributed by atoms with Crippen LogP contribution in [0.3, 0.4) is 0 Å². The van der Waals surface area contributed by atoms with E-state index in [1.165, 1.54) is 4.68 Å². The van der Waals surface area contributed by atoms with Crippen LogP contribution in [-0.2, 0) is 13.0 Å². The second-order valence-electron chi connectivity index (χ2n) is 7.02. The topological polar surface area (TPSA) is 90.0 Å². The van der Waals surface area contributed by atoms with Gasteiger partial charge in [0.2, 0.25) is 0 Å². The quantitative estimate of drug-likeness (QED) is 0.658. The number of nitrogen functional groups attached to an aromatic ring is 1. The van der Waals surface area contributed by atoms with Crippen LogP contribution in [0.5, 0.6) is 0 Å². The number of benzene rings is 2. The van der Waals surface area contributed by atoms with Gasteiger partial charge in [-0.25, -0.2) is 4.68 Å². The molecule has 6 nitrogen and oxygen atoms in total. The van der Waals surface area contributed by atoms with Gasteiger partial charge in [0.15, 0.2) is 5.69 Å². The first-order chi connectivity index (χ1) is 13.0. The summed E-state index contributed by atoms with van der Waals surface area (Å²) in [5, 5.41) is 8.35. The lowest BCUT2D eigenvalue weighted by Crippen LogP contribution is -2.32. The second-order valence-corrected chi connectivity index (χ2v) is 7.02. The Kier molecular flexibility index (Phi) is 5.54. The highest BCUT2D eigenvalue weighted by molar-refractivity contribution is 6.04. The average molecular weight is 364 g/mol. The van der Waals surface area contributed by atoms with Crippen LogP contribution in [0.15, 0.2) is 53.3 Å². The van der Waals surface area contributed by atoms with E-state index in [0.29, 0.717) is 36.0 Å². The van der Waals surface area contributed by atoms with Crippen LogP contribution < -0.4 is 16.6 Å². The molecule has 6 heteroatoms. The van der Waals surface area contributed by atoms with Gasteiger partial charge >= 0.3 is 0 Å². The van der Waals surface area contributed by atoms with Crippen molar-refractivity contribution in [2.24, 2.45) is 5.92 Å². The zero-order chi connectivity index (χ0) is 19.4. The molecule has 3 N–H and O–H groups in total. The van der Waals surface area contributed by atoms with E-state index in [-0.39, 0.29) is 23.1 Å². The van der Waals surface area contributed by atoms with Crippen molar-refractivity contribution in [2.75, 3.05) is 12.3 Å². The lowest BCUT2D eigenvalue weighted by atomic mass is 10.1. The standard InChI is InChI=1S/C21H24N4O2/c1-14(2)13-25-21(27)18-6-4-3-5-17(18)19(24-25)20(26)23-12-11-15-7-9-16(22)10-8-15/h3-10,14H,11-13,22H2,1-2H3,(H,23,26). The van der Waals surface area contributed by atoms with Gasteiger partial charge in [0.25, 0.3) is 11.5 Å². The van der Waals surface area contributed by atoms with E-state index in [4.69, 9.17) is 5.73 Å². The molecular formula is C21H24N4O2. The van der Waals surface area contributed by atoms with Crippen LogP contribution in [0.4, 0.5) is 5.69 Å². The Balaban J connectivity index is 1.83. The Morgan fingerprint density at radius 1 is 1.11 bits per heavy atom. The van der Waals surface area contributed by atoms with Gasteiger partial charge in [0.05, 0.1) is 5.39 Å². The van der Waals surface area contributed by atoms with Crippen molar-refractivity contribution in [3.05, 3.63) is 70.1 Å². The van der Waals surface area contributed by atoms with Crippen LogP contribution >= 0.6 is 0 Å². The van der Waals surface area contributed by atoms with E-state index in [1.807, 2.05) is 38.1 Å². The molecule has 3 aromatic rings. The number of nitrogens with two attached hydrogens (primary N) is 1. The highest BCUT2D eigenvalue weighted by Crippen LogP contribution is 2.14. The summed E-state index contributed by atoms with van der Waals surface area (Å²) >= 11 is 0. The third-order valence-corrected chi connectivity index (χ3v) is 4.30. The van der Waals surface area contributed by atoms with Crippen LogP contribution in [0, 0.1) is 5.92 Å². The Morgan fingerprint density at radius 2 is 1.78 bits per heavy atom. The van der Waals surface area contributed by atoms with E-state index >= 15 is 0 Å². The highest BCUT2D eigenvalue weighted by Gasteiger charge is 2.16. The summed E-state index contributed by atoms with van der Waals surface area (Å²) in [6.45, 7) is 4.96. The number of hydrogen-bond acceptors (Lipinski definition) is 4. The summed E-state index contributed by atoms with van der Waals surface area (Å²) in [6, 6.07) is 14.7. The normalized spacial score (nSPS) is 11.1. The molecular weight excluding hydrogens is 340 g/mol. The Morgan fingerprint density at radius 3 is 2.44 bits per heavy atom. The molecule has 140 valence electrons. The van der Waals surface area contributed by atoms with Gasteiger partial charge in [0.1, 0.15) is 0 Å². The van der Waals surface area contributed by atoms with Crippen LogP contribution in [0.2, 0.25) is 0 Å². The number of hydrogen-bond donors (Lipinski definition) is 2. The molecule has 0 unspecified atom stereocenters. The van der Waals surface area contributed by atoms with Crippen molar-refractivity contribution in [1.29, 1.82) is 0 Å². The Labute approximate surface area is 158 Å². The predicted octanol–water partition coefficient (Wildman–Crippen LogP) is 2.61. The third kappa shape index (κ3) is 4.34. The van der Waals surface area contributed by atoms with Crippen molar-refractivity contribution in [3.8, 4) is 0 Å². The minimum atomic E-state index is -0.279. The molecule has 0 aliphatic rings. The predicted molar refractivity (Wildman–Crippen MR) is 108 cm³/mol. The average Bonchev–Trinajstić information content (AvgIpc) is 2.65. The number of carbonyl (C=O) groups excluding carboxylic acids is 1. The summed E-state index contributed by atoms with van der Waals surface area (Å²) in [5.74, 6) is -0.0306. The van der Waals surface area contributed by atoms with Crippen molar-refractivity contribution < 1.29 is 4.79 Å². The van der Waals surface area contributed by atoms with E-state index < -0.39 is 0 Å². The number of nitrogens with zero attached hydrogens (tertiary/aromatic N) is 2. The van der Waals surface area contributed by atoms with Crippen molar-refractivity contribution in [3.63, 3.8) is 0 Å². The lowest BCUT2D eigenvalue weighted by Gasteiger charge is -2.12. The summed E-state index contributed by atoms with van der Waals surface area (Å²) in [6.07, 6.45) is 0.690. The lowest BCUT2D eigenvalue weighted by molar-refractivity contribution is 0.0948. The second kappa shape index (κ2) is 8.03. The molecule has 0 saturated carbocycles. The summed E-state index contributed by atoms with van der Waals surface area (Å²) in [7, 11) is 0. The number of carbonyl (C=O) groups is 1. The summed E-state index contributed by atoms with van der Waals surface area (Å²) in [4.78, 5) is 25.4. The van der Waals surface area contributed by atoms with Gasteiger partial charge in [-0.3, -0.25) is 9.59 Å². The van der Waals surface area contributed by atoms with E-state index in [2.05, 4.69) is 10.4 Å². The number of fused-ring (bicyclic) bond motifs is 1. The minimum absolute atomic E-state index is 0.169. The number of nitrogens with one attached hydrogen (secondary N) is 1. The molecule has 1 aromatic heterocycles. The molecule has 3 rings (SSSR count). The van der Waals surface area contributed by atoms with E-state index in [1.54, 1.807) is 24.3 Å². The fraction of sp³-hybridized carbons (Fsp3) is 0.286. The van der Waals surface area contributed by atoms with Gasteiger partial charge in [-0.2, -0.15) is 5.10 Å². The number of amides is 1. The molecule has 2 aromatic carbocycles. The van der Waals surface area contributed by atoms with Crippen LogP contribution in [0.25, 0.3) is 10.8 Å². The van der Waals surface area contributed by atoms with Crippen LogP contribution in [-0.4, -0.2) is 22.2 Å². The largest absolute Gasteiger partial charge is 0.399 e. The van der Waals surface area contributed by atoms with Gasteiger partial charge in [-0.15, -0.1) is 0 Å². The van der Waals surface area contributed by atoms with Crippen molar-refractivity contribution in [1.82, 2.24) is 15.1 Å². The molecule has 27 heavy (non-hydrogen) atoms. The SMILES string of the molecule is CC(C)Cn1nc(C(=O)NCCc2ccc(N)cc2)c2ccccc2c1=O. The van der Waals surface area contributed by atoms with Crippen LogP contribution in [0.1, 0.15) is 29.9 Å². The minimum Gasteiger partial charge on any atom is -0.399 e.